The molecule has 0 aliphatic rings. The van der Waals surface area contributed by atoms with Gasteiger partial charge in [0.15, 0.2) is 6.61 Å². The lowest BCUT2D eigenvalue weighted by Crippen LogP contribution is -2.36. The van der Waals surface area contributed by atoms with E-state index in [-0.39, 0.29) is 25.4 Å². The van der Waals surface area contributed by atoms with Crippen LogP contribution in [0, 0.1) is 22.7 Å². The maximum absolute atomic E-state index is 12.2. The Kier molecular flexibility index (Phi) is 6.60. The van der Waals surface area contributed by atoms with Gasteiger partial charge in [-0.2, -0.15) is 10.5 Å². The predicted octanol–water partition coefficient (Wildman–Crippen LogP) is 3.64. The molecule has 0 bridgehead atoms. The van der Waals surface area contributed by atoms with Crippen molar-refractivity contribution in [1.82, 2.24) is 4.90 Å². The zero-order chi connectivity index (χ0) is 17.4. The second-order valence-electron chi connectivity index (χ2n) is 5.14. The Morgan fingerprint density at radius 3 is 2.33 bits per heavy atom. The molecule has 0 atom stereocenters. The molecule has 2 aromatic carbocycles. The van der Waals surface area contributed by atoms with Gasteiger partial charge in [0.1, 0.15) is 5.75 Å². The summed E-state index contributed by atoms with van der Waals surface area (Å²) in [6.07, 6.45) is 0.476. The summed E-state index contributed by atoms with van der Waals surface area (Å²) in [5, 5.41) is 19.4. The van der Waals surface area contributed by atoms with Gasteiger partial charge in [-0.3, -0.25) is 4.79 Å². The number of carbonyl (C=O) groups is 1. The van der Waals surface area contributed by atoms with Crippen molar-refractivity contribution in [2.45, 2.75) is 12.8 Å². The van der Waals surface area contributed by atoms with Crippen LogP contribution in [0.4, 0.5) is 0 Å². The molecule has 0 heterocycles. The molecule has 24 heavy (non-hydrogen) atoms. The highest BCUT2D eigenvalue weighted by molar-refractivity contribution is 9.10. The van der Waals surface area contributed by atoms with Crippen molar-refractivity contribution in [2.75, 3.05) is 19.7 Å². The molecule has 2 rings (SSSR count). The molecule has 0 N–H and O–H groups in total. The zero-order valence-electron chi connectivity index (χ0n) is 13.0. The third-order valence-corrected chi connectivity index (χ3v) is 3.97. The van der Waals surface area contributed by atoms with Crippen molar-refractivity contribution in [3.8, 4) is 17.9 Å². The van der Waals surface area contributed by atoms with Crippen molar-refractivity contribution in [3.63, 3.8) is 0 Å². The molecule has 0 spiro atoms. The third kappa shape index (κ3) is 4.97. The summed E-state index contributed by atoms with van der Waals surface area (Å²) >= 11 is 3.43. The highest BCUT2D eigenvalue weighted by Gasteiger charge is 2.13. The monoisotopic (exact) mass is 385 g/mol. The van der Waals surface area contributed by atoms with E-state index in [1.807, 2.05) is 48.5 Å². The summed E-state index contributed by atoms with van der Waals surface area (Å²) in [4.78, 5) is 13.7. The van der Waals surface area contributed by atoms with E-state index in [1.54, 1.807) is 0 Å². The van der Waals surface area contributed by atoms with Crippen molar-refractivity contribution in [2.24, 2.45) is 0 Å². The van der Waals surface area contributed by atoms with Gasteiger partial charge in [0.05, 0.1) is 25.0 Å². The van der Waals surface area contributed by atoms with Crippen LogP contribution in [0.2, 0.25) is 0 Å². The summed E-state index contributed by atoms with van der Waals surface area (Å²) in [5.41, 5.74) is 0. The van der Waals surface area contributed by atoms with Crippen LogP contribution in [-0.4, -0.2) is 30.5 Å². The lowest BCUT2D eigenvalue weighted by molar-refractivity contribution is -0.133. The number of fused-ring (bicyclic) bond motifs is 1. The van der Waals surface area contributed by atoms with Crippen LogP contribution >= 0.6 is 15.9 Å². The Labute approximate surface area is 149 Å². The molecule has 1 amide bonds. The van der Waals surface area contributed by atoms with Gasteiger partial charge < -0.3 is 9.64 Å². The first-order valence-corrected chi connectivity index (χ1v) is 8.27. The minimum atomic E-state index is -0.226. The third-order valence-electron chi connectivity index (χ3n) is 3.48. The molecule has 0 aliphatic heterocycles. The first-order chi connectivity index (χ1) is 11.6. The highest BCUT2D eigenvalue weighted by Crippen LogP contribution is 2.24. The van der Waals surface area contributed by atoms with Crippen molar-refractivity contribution in [1.29, 1.82) is 10.5 Å². The van der Waals surface area contributed by atoms with Gasteiger partial charge in [-0.05, 0) is 35.0 Å². The highest BCUT2D eigenvalue weighted by atomic mass is 79.9. The Balaban J connectivity index is 2.00. The average molecular weight is 386 g/mol. The smallest absolute Gasteiger partial charge is 0.260 e. The van der Waals surface area contributed by atoms with Gasteiger partial charge in [0.2, 0.25) is 0 Å². The maximum atomic E-state index is 12.2. The quantitative estimate of drug-likeness (QED) is 0.728. The fourth-order valence-corrected chi connectivity index (χ4v) is 2.63. The van der Waals surface area contributed by atoms with Gasteiger partial charge in [0, 0.05) is 17.6 Å². The molecule has 0 saturated heterocycles. The zero-order valence-corrected chi connectivity index (χ0v) is 14.6. The van der Waals surface area contributed by atoms with Crippen LogP contribution in [0.1, 0.15) is 12.8 Å². The number of hydrogen-bond acceptors (Lipinski definition) is 4. The number of benzene rings is 2. The van der Waals surface area contributed by atoms with Crippen molar-refractivity contribution in [3.05, 3.63) is 40.9 Å². The van der Waals surface area contributed by atoms with E-state index in [0.29, 0.717) is 18.8 Å². The molecule has 0 saturated carbocycles. The van der Waals surface area contributed by atoms with Crippen LogP contribution < -0.4 is 4.74 Å². The summed E-state index contributed by atoms with van der Waals surface area (Å²) in [6.45, 7) is 0.511. The van der Waals surface area contributed by atoms with E-state index in [0.717, 1.165) is 15.2 Å². The SMILES string of the molecule is N#CCCN(CCC#N)C(=O)COc1ccc2cc(Br)ccc2c1. The Bertz CT molecular complexity index is 790. The van der Waals surface area contributed by atoms with Gasteiger partial charge in [-0.1, -0.05) is 28.1 Å². The van der Waals surface area contributed by atoms with Gasteiger partial charge >= 0.3 is 0 Å². The average Bonchev–Trinajstić information content (AvgIpc) is 2.59. The molecular formula is C18H16BrN3O2. The molecule has 5 nitrogen and oxygen atoms in total. The van der Waals surface area contributed by atoms with Crippen LogP contribution in [0.25, 0.3) is 10.8 Å². The topological polar surface area (TPSA) is 77.1 Å². The molecule has 0 aromatic heterocycles. The lowest BCUT2D eigenvalue weighted by atomic mass is 10.1. The number of carbonyl (C=O) groups excluding carboxylic acids is 1. The van der Waals surface area contributed by atoms with Crippen LogP contribution in [0.3, 0.4) is 0 Å². The summed E-state index contributed by atoms with van der Waals surface area (Å²) in [5.74, 6) is 0.384. The van der Waals surface area contributed by atoms with Crippen LogP contribution in [0.15, 0.2) is 40.9 Å². The maximum Gasteiger partial charge on any atom is 0.260 e. The normalized spacial score (nSPS) is 9.96. The minimum absolute atomic E-state index is 0.112. The van der Waals surface area contributed by atoms with E-state index in [2.05, 4.69) is 15.9 Å². The summed E-state index contributed by atoms with van der Waals surface area (Å²) < 4.78 is 6.58. The fraction of sp³-hybridized carbons (Fsp3) is 0.278. The molecule has 6 heteroatoms. The number of nitrogens with zero attached hydrogens (tertiary/aromatic N) is 3. The number of rotatable bonds is 7. The van der Waals surface area contributed by atoms with E-state index < -0.39 is 0 Å². The molecule has 0 unspecified atom stereocenters. The number of amides is 1. The second kappa shape index (κ2) is 8.90. The standard InChI is InChI=1S/C18H16BrN3O2/c19-16-5-3-15-12-17(6-4-14(15)11-16)24-13-18(23)22(9-1-7-20)10-2-8-21/h3-6,11-12H,1-2,9-10,13H2. The molecule has 0 fully saturated rings. The lowest BCUT2D eigenvalue weighted by Gasteiger charge is -2.20. The molecule has 2 aromatic rings. The summed E-state index contributed by atoms with van der Waals surface area (Å²) in [7, 11) is 0. The molecule has 0 radical (unpaired) electrons. The van der Waals surface area contributed by atoms with Gasteiger partial charge in [-0.25, -0.2) is 0 Å². The first kappa shape index (κ1) is 17.8. The largest absolute Gasteiger partial charge is 0.484 e. The van der Waals surface area contributed by atoms with Crippen molar-refractivity contribution >= 4 is 32.6 Å². The number of hydrogen-bond donors (Lipinski definition) is 0. The van der Waals surface area contributed by atoms with Crippen LogP contribution in [0.5, 0.6) is 5.75 Å². The number of halogens is 1. The fourth-order valence-electron chi connectivity index (χ4n) is 2.25. The Morgan fingerprint density at radius 2 is 1.67 bits per heavy atom. The second-order valence-corrected chi connectivity index (χ2v) is 6.05. The molecule has 122 valence electrons. The number of nitriles is 2. The minimum Gasteiger partial charge on any atom is -0.484 e. The Hall–Kier alpha value is -2.57. The predicted molar refractivity (Wildman–Crippen MR) is 94.2 cm³/mol. The van der Waals surface area contributed by atoms with E-state index in [4.69, 9.17) is 15.3 Å². The van der Waals surface area contributed by atoms with Gasteiger partial charge in [0.25, 0.3) is 5.91 Å². The van der Waals surface area contributed by atoms with Crippen molar-refractivity contribution < 1.29 is 9.53 Å². The van der Waals surface area contributed by atoms with Gasteiger partial charge in [-0.15, -0.1) is 0 Å². The first-order valence-electron chi connectivity index (χ1n) is 7.48. The van der Waals surface area contributed by atoms with E-state index >= 15 is 0 Å². The van der Waals surface area contributed by atoms with E-state index in [9.17, 15) is 4.79 Å². The molecular weight excluding hydrogens is 370 g/mol. The molecule has 0 aliphatic carbocycles. The Morgan fingerprint density at radius 1 is 1.04 bits per heavy atom. The van der Waals surface area contributed by atoms with Crippen LogP contribution in [-0.2, 0) is 4.79 Å². The number of ether oxygens (including phenoxy) is 1. The summed E-state index contributed by atoms with van der Waals surface area (Å²) in [6, 6.07) is 15.6. The van der Waals surface area contributed by atoms with E-state index in [1.165, 1.54) is 4.90 Å².